The molecular weight excluding hydrogens is 320 g/mol. The van der Waals surface area contributed by atoms with Gasteiger partial charge in [-0.05, 0) is 38.1 Å². The summed E-state index contributed by atoms with van der Waals surface area (Å²) >= 11 is 1.45. The quantitative estimate of drug-likeness (QED) is 0.715. The van der Waals surface area contributed by atoms with E-state index in [2.05, 4.69) is 41.1 Å². The van der Waals surface area contributed by atoms with E-state index >= 15 is 0 Å². The molecular formula is C19H22N2O2S. The summed E-state index contributed by atoms with van der Waals surface area (Å²) in [5, 5.41) is 14.0. The van der Waals surface area contributed by atoms with Crippen molar-refractivity contribution >= 4 is 45.2 Å². The van der Waals surface area contributed by atoms with Crippen LogP contribution in [0, 0.1) is 0 Å². The Morgan fingerprint density at radius 2 is 1.96 bits per heavy atom. The third-order valence-corrected chi connectivity index (χ3v) is 5.32. The number of amides is 1. The highest BCUT2D eigenvalue weighted by atomic mass is 32.2. The predicted molar refractivity (Wildman–Crippen MR) is 103 cm³/mol. The van der Waals surface area contributed by atoms with E-state index < -0.39 is 0 Å². The van der Waals surface area contributed by atoms with E-state index in [4.69, 9.17) is 5.11 Å². The largest absolute Gasteiger partial charge is 0.396 e. The first kappa shape index (κ1) is 16.9. The van der Waals surface area contributed by atoms with Crippen LogP contribution in [0.5, 0.6) is 0 Å². The van der Waals surface area contributed by atoms with Crippen LogP contribution in [0.15, 0.2) is 42.5 Å². The molecule has 24 heavy (non-hydrogen) atoms. The molecule has 126 valence electrons. The van der Waals surface area contributed by atoms with Gasteiger partial charge < -0.3 is 15.0 Å². The number of nitrogens with zero attached hydrogens (tertiary/aromatic N) is 1. The zero-order chi connectivity index (χ0) is 17.1. The van der Waals surface area contributed by atoms with E-state index in [9.17, 15) is 4.79 Å². The molecule has 0 aliphatic carbocycles. The van der Waals surface area contributed by atoms with Crippen molar-refractivity contribution in [3.63, 3.8) is 0 Å². The van der Waals surface area contributed by atoms with Crippen molar-refractivity contribution in [2.45, 2.75) is 25.6 Å². The second-order valence-electron chi connectivity index (χ2n) is 5.72. The maximum absolute atomic E-state index is 12.3. The number of nitrogens with one attached hydrogen (secondary N) is 1. The van der Waals surface area contributed by atoms with Crippen molar-refractivity contribution in [3.8, 4) is 0 Å². The summed E-state index contributed by atoms with van der Waals surface area (Å²) in [6, 6.07) is 14.4. The Bertz CT molecular complexity index is 872. The fourth-order valence-corrected chi connectivity index (χ4v) is 3.69. The molecule has 1 atom stereocenters. The summed E-state index contributed by atoms with van der Waals surface area (Å²) in [7, 11) is 0. The lowest BCUT2D eigenvalue weighted by molar-refractivity contribution is -0.115. The Labute approximate surface area is 145 Å². The molecule has 4 nitrogen and oxygen atoms in total. The number of benzene rings is 2. The molecule has 0 radical (unpaired) electrons. The van der Waals surface area contributed by atoms with Gasteiger partial charge in [-0.2, -0.15) is 0 Å². The van der Waals surface area contributed by atoms with Crippen LogP contribution in [0.1, 0.15) is 13.8 Å². The van der Waals surface area contributed by atoms with Gasteiger partial charge in [-0.3, -0.25) is 4.79 Å². The van der Waals surface area contributed by atoms with Gasteiger partial charge in [-0.1, -0.05) is 18.2 Å². The second kappa shape index (κ2) is 7.28. The molecule has 2 aromatic carbocycles. The van der Waals surface area contributed by atoms with E-state index in [0.717, 1.165) is 17.6 Å². The predicted octanol–water partition coefficient (Wildman–Crippen LogP) is 3.87. The van der Waals surface area contributed by atoms with Crippen molar-refractivity contribution in [1.29, 1.82) is 0 Å². The minimum Gasteiger partial charge on any atom is -0.396 e. The Kier molecular flexibility index (Phi) is 5.11. The molecule has 1 aromatic heterocycles. The number of carbonyl (C=O) groups is 1. The first-order chi connectivity index (χ1) is 11.7. The van der Waals surface area contributed by atoms with Gasteiger partial charge in [0.05, 0.1) is 11.9 Å². The molecule has 0 saturated heterocycles. The van der Waals surface area contributed by atoms with Gasteiger partial charge >= 0.3 is 0 Å². The molecule has 1 amide bonds. The second-order valence-corrected chi connectivity index (χ2v) is 7.17. The van der Waals surface area contributed by atoms with Gasteiger partial charge in [0.2, 0.25) is 5.91 Å². The molecule has 0 fully saturated rings. The van der Waals surface area contributed by atoms with Crippen LogP contribution in [0.3, 0.4) is 0 Å². The summed E-state index contributed by atoms with van der Waals surface area (Å²) in [4.78, 5) is 12.3. The number of rotatable bonds is 6. The van der Waals surface area contributed by atoms with Crippen LogP contribution in [0.4, 0.5) is 5.69 Å². The molecule has 0 saturated carbocycles. The number of thioether (sulfide) groups is 1. The molecule has 0 aliphatic rings. The lowest BCUT2D eigenvalue weighted by atomic mass is 10.1. The Morgan fingerprint density at radius 1 is 1.21 bits per heavy atom. The Balaban J connectivity index is 1.94. The van der Waals surface area contributed by atoms with Crippen molar-refractivity contribution in [3.05, 3.63) is 42.5 Å². The molecule has 0 bridgehead atoms. The fourth-order valence-electron chi connectivity index (χ4n) is 3.02. The van der Waals surface area contributed by atoms with Crippen molar-refractivity contribution in [1.82, 2.24) is 4.57 Å². The molecule has 3 rings (SSSR count). The number of aromatic nitrogens is 1. The van der Waals surface area contributed by atoms with Gasteiger partial charge in [0.15, 0.2) is 0 Å². The minimum atomic E-state index is -0.190. The normalized spacial score (nSPS) is 12.6. The van der Waals surface area contributed by atoms with Gasteiger partial charge in [-0.15, -0.1) is 11.8 Å². The number of para-hydroxylation sites is 1. The van der Waals surface area contributed by atoms with Gasteiger partial charge in [0.1, 0.15) is 0 Å². The van der Waals surface area contributed by atoms with Crippen LogP contribution >= 0.6 is 11.8 Å². The van der Waals surface area contributed by atoms with Crippen LogP contribution in [0.2, 0.25) is 0 Å². The number of aryl methyl sites for hydroxylation is 1. The number of hydrogen-bond acceptors (Lipinski definition) is 3. The third-order valence-electron chi connectivity index (χ3n) is 4.18. The lowest BCUT2D eigenvalue weighted by Crippen LogP contribution is -2.23. The lowest BCUT2D eigenvalue weighted by Gasteiger charge is -2.11. The fraction of sp³-hybridized carbons (Fsp3) is 0.316. The maximum atomic E-state index is 12.3. The number of aliphatic hydroxyl groups excluding tert-OH is 1. The monoisotopic (exact) mass is 342 g/mol. The summed E-state index contributed by atoms with van der Waals surface area (Å²) in [6.07, 6.45) is 0. The highest BCUT2D eigenvalue weighted by molar-refractivity contribution is 8.00. The molecule has 2 N–H and O–H groups in total. The zero-order valence-electron chi connectivity index (χ0n) is 14.0. The number of anilines is 1. The molecule has 0 aliphatic heterocycles. The van der Waals surface area contributed by atoms with Crippen molar-refractivity contribution in [2.75, 3.05) is 17.7 Å². The summed E-state index contributed by atoms with van der Waals surface area (Å²) < 4.78 is 2.29. The number of aliphatic hydroxyl groups is 1. The molecule has 5 heteroatoms. The SMILES string of the molecule is CCn1c2ccccc2c2cc(NC(=O)[C@H](C)SCCO)ccc21. The topological polar surface area (TPSA) is 54.3 Å². The molecule has 0 unspecified atom stereocenters. The maximum Gasteiger partial charge on any atom is 0.237 e. The van der Waals surface area contributed by atoms with E-state index in [0.29, 0.717) is 5.75 Å². The van der Waals surface area contributed by atoms with Crippen LogP contribution in [0.25, 0.3) is 21.8 Å². The van der Waals surface area contributed by atoms with Crippen molar-refractivity contribution < 1.29 is 9.90 Å². The summed E-state index contributed by atoms with van der Waals surface area (Å²) in [5.41, 5.74) is 3.20. The summed E-state index contributed by atoms with van der Waals surface area (Å²) in [5.74, 6) is 0.532. The van der Waals surface area contributed by atoms with E-state index in [-0.39, 0.29) is 17.8 Å². The highest BCUT2D eigenvalue weighted by Gasteiger charge is 2.14. The first-order valence-electron chi connectivity index (χ1n) is 8.20. The molecule has 3 aromatic rings. The smallest absolute Gasteiger partial charge is 0.237 e. The number of hydrogen-bond donors (Lipinski definition) is 2. The highest BCUT2D eigenvalue weighted by Crippen LogP contribution is 2.31. The van der Waals surface area contributed by atoms with E-state index in [1.165, 1.54) is 28.2 Å². The molecule has 0 spiro atoms. The third kappa shape index (κ3) is 3.14. The zero-order valence-corrected chi connectivity index (χ0v) is 14.8. The first-order valence-corrected chi connectivity index (χ1v) is 9.25. The average Bonchev–Trinajstić information content (AvgIpc) is 2.92. The Morgan fingerprint density at radius 3 is 2.71 bits per heavy atom. The van der Waals surface area contributed by atoms with Crippen molar-refractivity contribution in [2.24, 2.45) is 0 Å². The molecule has 1 heterocycles. The van der Waals surface area contributed by atoms with Crippen LogP contribution < -0.4 is 5.32 Å². The Hall–Kier alpha value is -1.98. The van der Waals surface area contributed by atoms with Gasteiger partial charge in [0, 0.05) is 39.8 Å². The van der Waals surface area contributed by atoms with Gasteiger partial charge in [-0.25, -0.2) is 0 Å². The van der Waals surface area contributed by atoms with E-state index in [1.54, 1.807) is 0 Å². The number of fused-ring (bicyclic) bond motifs is 3. The van der Waals surface area contributed by atoms with Crippen LogP contribution in [-0.2, 0) is 11.3 Å². The standard InChI is InChI=1S/C19H22N2O2S/c1-3-21-17-7-5-4-6-15(17)16-12-14(8-9-18(16)21)20-19(23)13(2)24-11-10-22/h4-9,12-13,22H,3,10-11H2,1-2H3,(H,20,23)/t13-/m0/s1. The minimum absolute atomic E-state index is 0.0352. The van der Waals surface area contributed by atoms with Gasteiger partial charge in [0.25, 0.3) is 0 Å². The van der Waals surface area contributed by atoms with Crippen LogP contribution in [-0.4, -0.2) is 33.2 Å². The number of carbonyl (C=O) groups excluding carboxylic acids is 1. The van der Waals surface area contributed by atoms with E-state index in [1.807, 2.05) is 25.1 Å². The average molecular weight is 342 g/mol. The summed E-state index contributed by atoms with van der Waals surface area (Å²) in [6.45, 7) is 4.99.